The third-order valence-electron chi connectivity index (χ3n) is 4.43. The van der Waals surface area contributed by atoms with Crippen LogP contribution in [-0.4, -0.2) is 34.1 Å². The van der Waals surface area contributed by atoms with Gasteiger partial charge in [0.25, 0.3) is 0 Å². The minimum absolute atomic E-state index is 0.546. The summed E-state index contributed by atoms with van der Waals surface area (Å²) in [5, 5.41) is 6.33. The van der Waals surface area contributed by atoms with Gasteiger partial charge >= 0.3 is 0 Å². The average Bonchev–Trinajstić information content (AvgIpc) is 3.11. The van der Waals surface area contributed by atoms with Gasteiger partial charge in [0.2, 0.25) is 5.95 Å². The minimum atomic E-state index is 0.546. The quantitative estimate of drug-likeness (QED) is 0.720. The van der Waals surface area contributed by atoms with Crippen LogP contribution in [0.25, 0.3) is 11.6 Å². The molecule has 0 aliphatic heterocycles. The summed E-state index contributed by atoms with van der Waals surface area (Å²) >= 11 is 0. The Kier molecular flexibility index (Phi) is 4.42. The summed E-state index contributed by atoms with van der Waals surface area (Å²) in [6.07, 6.45) is 6.30. The highest BCUT2D eigenvalue weighted by Gasteiger charge is 2.18. The molecule has 2 heterocycles. The highest BCUT2D eigenvalue weighted by molar-refractivity contribution is 5.90. The fourth-order valence-corrected chi connectivity index (χ4v) is 3.15. The molecule has 27 heavy (non-hydrogen) atoms. The highest BCUT2D eigenvalue weighted by Crippen LogP contribution is 2.36. The van der Waals surface area contributed by atoms with Gasteiger partial charge in [0, 0.05) is 48.2 Å². The van der Waals surface area contributed by atoms with E-state index in [2.05, 4.69) is 42.7 Å². The number of fused-ring (bicyclic) bond motifs is 1. The molecular formula is C20H20N6O. The third kappa shape index (κ3) is 3.44. The molecule has 2 N–H and O–H groups in total. The Morgan fingerprint density at radius 3 is 2.81 bits per heavy atom. The Labute approximate surface area is 157 Å². The number of ether oxygens (including phenoxy) is 1. The molecule has 1 aromatic carbocycles. The molecule has 0 saturated carbocycles. The van der Waals surface area contributed by atoms with Crippen molar-refractivity contribution in [3.05, 3.63) is 59.3 Å². The van der Waals surface area contributed by atoms with Crippen molar-refractivity contribution in [1.82, 2.24) is 19.9 Å². The van der Waals surface area contributed by atoms with E-state index in [-0.39, 0.29) is 0 Å². The zero-order valence-corrected chi connectivity index (χ0v) is 15.4. The van der Waals surface area contributed by atoms with Crippen LogP contribution in [0.3, 0.4) is 0 Å². The first kappa shape index (κ1) is 17.0. The number of hydrogen-bond donors (Lipinski definition) is 2. The van der Waals surface area contributed by atoms with Crippen LogP contribution < -0.4 is 15.4 Å². The molecule has 7 heteroatoms. The Hall–Kier alpha value is -3.48. The van der Waals surface area contributed by atoms with Crippen LogP contribution in [-0.2, 0) is 6.42 Å². The van der Waals surface area contributed by atoms with E-state index in [0.29, 0.717) is 5.95 Å². The van der Waals surface area contributed by atoms with Gasteiger partial charge in [0.05, 0.1) is 12.8 Å². The fourth-order valence-electron chi connectivity index (χ4n) is 3.15. The molecule has 0 bridgehead atoms. The van der Waals surface area contributed by atoms with E-state index in [9.17, 15) is 0 Å². The summed E-state index contributed by atoms with van der Waals surface area (Å²) in [4.78, 5) is 17.4. The molecule has 0 fully saturated rings. The zero-order valence-electron chi connectivity index (χ0n) is 15.4. The largest absolute Gasteiger partial charge is 0.496 e. The standard InChI is InChI=1S/C20H20N6O/c1-12-6-19(21-2)26-20(24-12)25-15-4-5-18(27-3)16(9-15)13-7-14-10-22-11-23-17(14)8-13/h4-6,8-11H,7H2,1-3H3,(H2,21,24,25,26). The van der Waals surface area contributed by atoms with E-state index in [4.69, 9.17) is 4.74 Å². The van der Waals surface area contributed by atoms with Gasteiger partial charge in [-0.2, -0.15) is 4.98 Å². The van der Waals surface area contributed by atoms with E-state index < -0.39 is 0 Å². The molecule has 1 aliphatic rings. The molecule has 0 spiro atoms. The van der Waals surface area contributed by atoms with Gasteiger partial charge in [-0.3, -0.25) is 0 Å². The third-order valence-corrected chi connectivity index (χ3v) is 4.43. The molecule has 4 rings (SSSR count). The Morgan fingerprint density at radius 1 is 1.15 bits per heavy atom. The van der Waals surface area contributed by atoms with E-state index in [1.54, 1.807) is 13.4 Å². The lowest BCUT2D eigenvalue weighted by atomic mass is 10.0. The number of benzene rings is 1. The van der Waals surface area contributed by atoms with Gasteiger partial charge in [-0.25, -0.2) is 15.0 Å². The van der Waals surface area contributed by atoms with Crippen LogP contribution in [0, 0.1) is 6.92 Å². The lowest BCUT2D eigenvalue weighted by molar-refractivity contribution is 0.413. The van der Waals surface area contributed by atoms with Crippen molar-refractivity contribution in [3.8, 4) is 5.75 Å². The predicted molar refractivity (Wildman–Crippen MR) is 106 cm³/mol. The minimum Gasteiger partial charge on any atom is -0.496 e. The zero-order chi connectivity index (χ0) is 18.8. The lowest BCUT2D eigenvalue weighted by Gasteiger charge is -2.13. The summed E-state index contributed by atoms with van der Waals surface area (Å²) < 4.78 is 5.57. The second kappa shape index (κ2) is 7.03. The van der Waals surface area contributed by atoms with E-state index in [1.165, 1.54) is 0 Å². The van der Waals surface area contributed by atoms with Crippen LogP contribution in [0.4, 0.5) is 17.5 Å². The maximum absolute atomic E-state index is 5.57. The Morgan fingerprint density at radius 2 is 2.04 bits per heavy atom. The maximum Gasteiger partial charge on any atom is 0.229 e. The van der Waals surface area contributed by atoms with Crippen LogP contribution in [0.15, 0.2) is 36.8 Å². The Bertz CT molecular complexity index is 1030. The number of methoxy groups -OCH3 is 1. The van der Waals surface area contributed by atoms with Gasteiger partial charge in [0.15, 0.2) is 0 Å². The van der Waals surface area contributed by atoms with Crippen molar-refractivity contribution in [2.75, 3.05) is 24.8 Å². The summed E-state index contributed by atoms with van der Waals surface area (Å²) in [6, 6.07) is 7.85. The van der Waals surface area contributed by atoms with Crippen LogP contribution in [0.5, 0.6) is 5.75 Å². The van der Waals surface area contributed by atoms with E-state index in [1.807, 2.05) is 38.4 Å². The van der Waals surface area contributed by atoms with Crippen LogP contribution in [0.2, 0.25) is 0 Å². The number of hydrogen-bond acceptors (Lipinski definition) is 7. The first-order valence-corrected chi connectivity index (χ1v) is 8.64. The van der Waals surface area contributed by atoms with Crippen LogP contribution in [0.1, 0.15) is 22.5 Å². The van der Waals surface area contributed by atoms with Gasteiger partial charge in [0.1, 0.15) is 17.9 Å². The molecule has 136 valence electrons. The normalized spacial score (nSPS) is 12.3. The maximum atomic E-state index is 5.57. The average molecular weight is 360 g/mol. The summed E-state index contributed by atoms with van der Waals surface area (Å²) in [5.74, 6) is 2.13. The number of nitrogens with zero attached hydrogens (tertiary/aromatic N) is 4. The fraction of sp³-hybridized carbons (Fsp3) is 0.200. The second-order valence-electron chi connectivity index (χ2n) is 6.29. The molecular weight excluding hydrogens is 340 g/mol. The van der Waals surface area contributed by atoms with Crippen molar-refractivity contribution in [1.29, 1.82) is 0 Å². The molecule has 3 aromatic rings. The molecule has 0 saturated heterocycles. The van der Waals surface area contributed by atoms with Gasteiger partial charge in [-0.1, -0.05) is 0 Å². The number of aryl methyl sites for hydroxylation is 1. The van der Waals surface area contributed by atoms with Gasteiger partial charge < -0.3 is 15.4 Å². The first-order valence-electron chi connectivity index (χ1n) is 8.64. The Balaban J connectivity index is 1.67. The van der Waals surface area contributed by atoms with E-state index in [0.717, 1.165) is 51.8 Å². The highest BCUT2D eigenvalue weighted by atomic mass is 16.5. The molecule has 7 nitrogen and oxygen atoms in total. The molecule has 0 unspecified atom stereocenters. The van der Waals surface area contributed by atoms with Crippen molar-refractivity contribution in [2.24, 2.45) is 0 Å². The smallest absolute Gasteiger partial charge is 0.229 e. The van der Waals surface area contributed by atoms with Gasteiger partial charge in [-0.15, -0.1) is 0 Å². The molecule has 0 atom stereocenters. The van der Waals surface area contributed by atoms with E-state index >= 15 is 0 Å². The van der Waals surface area contributed by atoms with Crippen LogP contribution >= 0.6 is 0 Å². The summed E-state index contributed by atoms with van der Waals surface area (Å²) in [6.45, 7) is 1.94. The van der Waals surface area contributed by atoms with Crippen molar-refractivity contribution < 1.29 is 4.74 Å². The number of aromatic nitrogens is 4. The second-order valence-corrected chi connectivity index (χ2v) is 6.29. The summed E-state index contributed by atoms with van der Waals surface area (Å²) in [5.41, 5.74) is 6.02. The van der Waals surface area contributed by atoms with Gasteiger partial charge in [-0.05, 0) is 36.8 Å². The lowest BCUT2D eigenvalue weighted by Crippen LogP contribution is -2.03. The van der Waals surface area contributed by atoms with Crippen molar-refractivity contribution in [2.45, 2.75) is 13.3 Å². The predicted octanol–water partition coefficient (Wildman–Crippen LogP) is 3.47. The SMILES string of the molecule is CNc1cc(C)nc(Nc2ccc(OC)c(C3=Cc4ncncc4C3)c2)n1. The number of anilines is 3. The van der Waals surface area contributed by atoms with Crippen molar-refractivity contribution in [3.63, 3.8) is 0 Å². The molecule has 0 amide bonds. The number of nitrogens with one attached hydrogen (secondary N) is 2. The molecule has 0 radical (unpaired) electrons. The summed E-state index contributed by atoms with van der Waals surface area (Å²) in [7, 11) is 3.52. The molecule has 1 aliphatic carbocycles. The number of rotatable bonds is 5. The number of allylic oxidation sites excluding steroid dienone is 1. The molecule has 2 aromatic heterocycles. The van der Waals surface area contributed by atoms with Crippen molar-refractivity contribution >= 4 is 29.1 Å². The first-order chi connectivity index (χ1) is 13.2. The topological polar surface area (TPSA) is 84.9 Å². The monoisotopic (exact) mass is 360 g/mol.